The van der Waals surface area contributed by atoms with Gasteiger partial charge < -0.3 is 10.6 Å². The molecule has 3 nitrogen and oxygen atoms in total. The van der Waals surface area contributed by atoms with E-state index in [1.807, 2.05) is 19.2 Å². The fourth-order valence-electron chi connectivity index (χ4n) is 2.11. The van der Waals surface area contributed by atoms with Gasteiger partial charge in [0.2, 0.25) is 0 Å². The highest BCUT2D eigenvalue weighted by Crippen LogP contribution is 2.30. The molecule has 3 heteroatoms. The largest absolute Gasteiger partial charge is 0.396 e. The van der Waals surface area contributed by atoms with Crippen LogP contribution in [0.2, 0.25) is 0 Å². The zero-order chi connectivity index (χ0) is 11.0. The zero-order valence-corrected chi connectivity index (χ0v) is 9.70. The topological polar surface area (TPSA) is 42.2 Å². The second-order valence-electron chi connectivity index (χ2n) is 4.72. The molecular weight excluding hydrogens is 186 g/mol. The van der Waals surface area contributed by atoms with Crippen LogP contribution >= 0.6 is 0 Å². The minimum Gasteiger partial charge on any atom is -0.396 e. The van der Waals surface area contributed by atoms with Gasteiger partial charge in [0.15, 0.2) is 5.82 Å². The monoisotopic (exact) mass is 205 g/mol. The minimum atomic E-state index is 0.728. The lowest BCUT2D eigenvalue weighted by atomic mass is 10.0. The van der Waals surface area contributed by atoms with Crippen molar-refractivity contribution in [2.75, 3.05) is 23.7 Å². The predicted molar refractivity (Wildman–Crippen MR) is 63.9 cm³/mol. The van der Waals surface area contributed by atoms with Crippen molar-refractivity contribution in [1.82, 2.24) is 4.98 Å². The van der Waals surface area contributed by atoms with Crippen molar-refractivity contribution in [3.63, 3.8) is 0 Å². The summed E-state index contributed by atoms with van der Waals surface area (Å²) in [5, 5.41) is 0. The maximum absolute atomic E-state index is 6.05. The molecule has 0 bridgehead atoms. The fraction of sp³-hybridized carbons (Fsp3) is 0.583. The molecule has 0 aliphatic carbocycles. The SMILES string of the molecule is Cc1ccnc(N2CC(C)C(C)C2)c1N. The van der Waals surface area contributed by atoms with E-state index in [1.54, 1.807) is 0 Å². The number of nitrogens with two attached hydrogens (primary N) is 1. The number of rotatable bonds is 1. The zero-order valence-electron chi connectivity index (χ0n) is 9.70. The first kappa shape index (κ1) is 10.3. The van der Waals surface area contributed by atoms with E-state index in [1.165, 1.54) is 0 Å². The average molecular weight is 205 g/mol. The van der Waals surface area contributed by atoms with Gasteiger partial charge in [0.1, 0.15) is 0 Å². The molecule has 0 aromatic carbocycles. The van der Waals surface area contributed by atoms with Gasteiger partial charge >= 0.3 is 0 Å². The lowest BCUT2D eigenvalue weighted by Crippen LogP contribution is -2.22. The van der Waals surface area contributed by atoms with Gasteiger partial charge in [0, 0.05) is 19.3 Å². The maximum Gasteiger partial charge on any atom is 0.152 e. The third-order valence-electron chi connectivity index (χ3n) is 3.47. The Bertz CT molecular complexity index is 352. The second kappa shape index (κ2) is 3.72. The standard InChI is InChI=1S/C12H19N3/c1-8-4-5-14-12(11(8)13)15-6-9(2)10(3)7-15/h4-5,9-10H,6-7,13H2,1-3H3. The molecule has 2 N–H and O–H groups in total. The lowest BCUT2D eigenvalue weighted by molar-refractivity contribution is 0.494. The van der Waals surface area contributed by atoms with Crippen LogP contribution in [0, 0.1) is 18.8 Å². The van der Waals surface area contributed by atoms with Gasteiger partial charge in [-0.25, -0.2) is 4.98 Å². The van der Waals surface area contributed by atoms with Crippen molar-refractivity contribution in [3.8, 4) is 0 Å². The van der Waals surface area contributed by atoms with Crippen molar-refractivity contribution in [1.29, 1.82) is 0 Å². The average Bonchev–Trinajstić information content (AvgIpc) is 2.51. The third kappa shape index (κ3) is 1.78. The molecular formula is C12H19N3. The van der Waals surface area contributed by atoms with Crippen LogP contribution in [0.4, 0.5) is 11.5 Å². The van der Waals surface area contributed by atoms with Crippen molar-refractivity contribution in [2.45, 2.75) is 20.8 Å². The number of nitrogen functional groups attached to an aromatic ring is 1. The molecule has 1 fully saturated rings. The van der Waals surface area contributed by atoms with E-state index in [0.717, 1.165) is 42.0 Å². The van der Waals surface area contributed by atoms with Gasteiger partial charge in [-0.2, -0.15) is 0 Å². The van der Waals surface area contributed by atoms with E-state index in [2.05, 4.69) is 23.7 Å². The molecule has 1 aromatic heterocycles. The molecule has 2 rings (SSSR count). The summed E-state index contributed by atoms with van der Waals surface area (Å²) >= 11 is 0. The first-order valence-electron chi connectivity index (χ1n) is 5.55. The number of hydrogen-bond donors (Lipinski definition) is 1. The summed E-state index contributed by atoms with van der Waals surface area (Å²) in [5.41, 5.74) is 8.00. The Hall–Kier alpha value is -1.25. The van der Waals surface area contributed by atoms with Crippen LogP contribution in [0.5, 0.6) is 0 Å². The molecule has 1 aromatic rings. The number of aryl methyl sites for hydroxylation is 1. The van der Waals surface area contributed by atoms with E-state index in [-0.39, 0.29) is 0 Å². The number of aromatic nitrogens is 1. The van der Waals surface area contributed by atoms with Crippen LogP contribution in [0.1, 0.15) is 19.4 Å². The fourth-order valence-corrected chi connectivity index (χ4v) is 2.11. The number of hydrogen-bond acceptors (Lipinski definition) is 3. The summed E-state index contributed by atoms with van der Waals surface area (Å²) < 4.78 is 0. The van der Waals surface area contributed by atoms with Gasteiger partial charge in [-0.05, 0) is 30.4 Å². The van der Waals surface area contributed by atoms with Crippen LogP contribution in [0.25, 0.3) is 0 Å². The predicted octanol–water partition coefficient (Wildman–Crippen LogP) is 2.06. The minimum absolute atomic E-state index is 0.728. The van der Waals surface area contributed by atoms with Gasteiger partial charge in [-0.3, -0.25) is 0 Å². The summed E-state index contributed by atoms with van der Waals surface area (Å²) in [7, 11) is 0. The Kier molecular flexibility index (Phi) is 2.55. The highest BCUT2D eigenvalue weighted by molar-refractivity contribution is 5.66. The first-order valence-corrected chi connectivity index (χ1v) is 5.55. The van der Waals surface area contributed by atoms with Crippen LogP contribution in [-0.2, 0) is 0 Å². The molecule has 15 heavy (non-hydrogen) atoms. The van der Waals surface area contributed by atoms with E-state index in [4.69, 9.17) is 5.73 Å². The second-order valence-corrected chi connectivity index (χ2v) is 4.72. The Labute approximate surface area is 91.3 Å². The first-order chi connectivity index (χ1) is 7.09. The highest BCUT2D eigenvalue weighted by Gasteiger charge is 2.27. The molecule has 1 saturated heterocycles. The van der Waals surface area contributed by atoms with Crippen molar-refractivity contribution >= 4 is 11.5 Å². The number of anilines is 2. The quantitative estimate of drug-likeness (QED) is 0.763. The van der Waals surface area contributed by atoms with Gasteiger partial charge in [0.25, 0.3) is 0 Å². The third-order valence-corrected chi connectivity index (χ3v) is 3.47. The summed E-state index contributed by atoms with van der Waals surface area (Å²) in [6.07, 6.45) is 1.84. The van der Waals surface area contributed by atoms with Crippen molar-refractivity contribution in [3.05, 3.63) is 17.8 Å². The molecule has 2 atom stereocenters. The van der Waals surface area contributed by atoms with Crippen LogP contribution in [0.15, 0.2) is 12.3 Å². The van der Waals surface area contributed by atoms with Crippen molar-refractivity contribution < 1.29 is 0 Å². The van der Waals surface area contributed by atoms with Gasteiger partial charge in [-0.15, -0.1) is 0 Å². The molecule has 0 saturated carbocycles. The van der Waals surface area contributed by atoms with Gasteiger partial charge in [-0.1, -0.05) is 13.8 Å². The molecule has 2 heterocycles. The summed E-state index contributed by atoms with van der Waals surface area (Å²) in [6, 6.07) is 1.96. The van der Waals surface area contributed by atoms with E-state index in [0.29, 0.717) is 0 Å². The molecule has 2 unspecified atom stereocenters. The Morgan fingerprint density at radius 3 is 2.53 bits per heavy atom. The molecule has 0 radical (unpaired) electrons. The smallest absolute Gasteiger partial charge is 0.152 e. The molecule has 0 spiro atoms. The van der Waals surface area contributed by atoms with Crippen LogP contribution in [0.3, 0.4) is 0 Å². The Balaban J connectivity index is 2.27. The van der Waals surface area contributed by atoms with E-state index < -0.39 is 0 Å². The highest BCUT2D eigenvalue weighted by atomic mass is 15.2. The van der Waals surface area contributed by atoms with Gasteiger partial charge in [0.05, 0.1) is 5.69 Å². The lowest BCUT2D eigenvalue weighted by Gasteiger charge is -2.19. The van der Waals surface area contributed by atoms with Crippen LogP contribution < -0.4 is 10.6 Å². The van der Waals surface area contributed by atoms with E-state index >= 15 is 0 Å². The maximum atomic E-state index is 6.05. The Morgan fingerprint density at radius 1 is 1.33 bits per heavy atom. The van der Waals surface area contributed by atoms with E-state index in [9.17, 15) is 0 Å². The normalized spacial score (nSPS) is 25.9. The molecule has 82 valence electrons. The Morgan fingerprint density at radius 2 is 1.93 bits per heavy atom. The summed E-state index contributed by atoms with van der Waals surface area (Å²) in [5.74, 6) is 2.42. The molecule has 1 aliphatic heterocycles. The number of nitrogens with zero attached hydrogens (tertiary/aromatic N) is 2. The summed E-state index contributed by atoms with van der Waals surface area (Å²) in [6.45, 7) is 8.75. The van der Waals surface area contributed by atoms with Crippen molar-refractivity contribution in [2.24, 2.45) is 11.8 Å². The number of pyridine rings is 1. The summed E-state index contributed by atoms with van der Waals surface area (Å²) in [4.78, 5) is 6.69. The van der Waals surface area contributed by atoms with Crippen LogP contribution in [-0.4, -0.2) is 18.1 Å². The molecule has 0 amide bonds. The molecule has 1 aliphatic rings.